The maximum Gasteiger partial charge on any atom is 0.191 e. The van der Waals surface area contributed by atoms with E-state index >= 15 is 0 Å². The van der Waals surface area contributed by atoms with E-state index in [1.807, 2.05) is 18.2 Å². The average Bonchev–Trinajstić information content (AvgIpc) is 3.18. The number of para-hydroxylation sites is 1. The lowest BCUT2D eigenvalue weighted by atomic mass is 10.1. The van der Waals surface area contributed by atoms with Crippen molar-refractivity contribution in [2.75, 3.05) is 38.2 Å². The number of phenolic OH excluding ortho intramolecular Hbond substituents is 1. The van der Waals surface area contributed by atoms with Crippen LogP contribution in [0.1, 0.15) is 18.9 Å². The number of anilines is 1. The van der Waals surface area contributed by atoms with Crippen LogP contribution in [0.4, 0.5) is 5.69 Å². The standard InChI is InChI=1S/C22H30N4O2/c1-3-23-22(24-13-11-17-9-10-20(28-2)15-21(17)27)25-18-12-14-26(16-18)19-7-5-4-6-8-19/h4-10,15,18,27H,3,11-14,16H2,1-2H3,(H2,23,24,25). The molecule has 0 amide bonds. The van der Waals surface area contributed by atoms with Gasteiger partial charge in [-0.2, -0.15) is 0 Å². The van der Waals surface area contributed by atoms with Gasteiger partial charge in [-0.05, 0) is 43.5 Å². The van der Waals surface area contributed by atoms with Gasteiger partial charge in [0.05, 0.1) is 7.11 Å². The average molecular weight is 383 g/mol. The maximum absolute atomic E-state index is 10.1. The molecule has 150 valence electrons. The molecule has 1 atom stereocenters. The predicted octanol–water partition coefficient (Wildman–Crippen LogP) is 2.78. The summed E-state index contributed by atoms with van der Waals surface area (Å²) in [5, 5.41) is 17.0. The molecule has 1 saturated heterocycles. The second kappa shape index (κ2) is 9.88. The maximum atomic E-state index is 10.1. The fourth-order valence-electron chi connectivity index (χ4n) is 3.43. The van der Waals surface area contributed by atoms with Crippen LogP contribution in [0, 0.1) is 0 Å². The molecule has 1 unspecified atom stereocenters. The summed E-state index contributed by atoms with van der Waals surface area (Å²) >= 11 is 0. The lowest BCUT2D eigenvalue weighted by Crippen LogP contribution is -2.44. The highest BCUT2D eigenvalue weighted by molar-refractivity contribution is 5.80. The summed E-state index contributed by atoms with van der Waals surface area (Å²) in [4.78, 5) is 7.09. The molecule has 0 radical (unpaired) electrons. The fraction of sp³-hybridized carbons (Fsp3) is 0.409. The number of benzene rings is 2. The zero-order valence-electron chi connectivity index (χ0n) is 16.7. The Morgan fingerprint density at radius 1 is 1.25 bits per heavy atom. The van der Waals surface area contributed by atoms with Gasteiger partial charge in [-0.1, -0.05) is 24.3 Å². The number of nitrogens with one attached hydrogen (secondary N) is 2. The summed E-state index contributed by atoms with van der Waals surface area (Å²) in [6.07, 6.45) is 1.76. The molecule has 2 aromatic rings. The van der Waals surface area contributed by atoms with Crippen molar-refractivity contribution in [2.45, 2.75) is 25.8 Å². The highest BCUT2D eigenvalue weighted by atomic mass is 16.5. The number of hydrogen-bond acceptors (Lipinski definition) is 4. The molecule has 0 aliphatic carbocycles. The van der Waals surface area contributed by atoms with Gasteiger partial charge in [-0.15, -0.1) is 0 Å². The zero-order valence-corrected chi connectivity index (χ0v) is 16.7. The first-order chi connectivity index (χ1) is 13.7. The topological polar surface area (TPSA) is 69.1 Å². The molecular weight excluding hydrogens is 352 g/mol. The van der Waals surface area contributed by atoms with Crippen LogP contribution in [0.25, 0.3) is 0 Å². The Morgan fingerprint density at radius 3 is 2.79 bits per heavy atom. The lowest BCUT2D eigenvalue weighted by Gasteiger charge is -2.20. The molecule has 6 heteroatoms. The first-order valence-electron chi connectivity index (χ1n) is 9.90. The first kappa shape index (κ1) is 19.9. The molecule has 0 aromatic heterocycles. The van der Waals surface area contributed by atoms with Crippen molar-refractivity contribution < 1.29 is 9.84 Å². The van der Waals surface area contributed by atoms with Crippen LogP contribution in [-0.4, -0.2) is 50.4 Å². The Morgan fingerprint density at radius 2 is 2.07 bits per heavy atom. The van der Waals surface area contributed by atoms with Gasteiger partial charge in [-0.25, -0.2) is 0 Å². The van der Waals surface area contributed by atoms with E-state index in [0.29, 0.717) is 24.8 Å². The SMILES string of the molecule is CCNC(=NCCc1ccc(OC)cc1O)NC1CCN(c2ccccc2)C1. The predicted molar refractivity (Wildman–Crippen MR) is 115 cm³/mol. The van der Waals surface area contributed by atoms with E-state index < -0.39 is 0 Å². The van der Waals surface area contributed by atoms with Gasteiger partial charge in [0.2, 0.25) is 0 Å². The van der Waals surface area contributed by atoms with Crippen molar-refractivity contribution in [3.63, 3.8) is 0 Å². The van der Waals surface area contributed by atoms with Crippen molar-refractivity contribution in [3.05, 3.63) is 54.1 Å². The van der Waals surface area contributed by atoms with Crippen LogP contribution >= 0.6 is 0 Å². The largest absolute Gasteiger partial charge is 0.508 e. The van der Waals surface area contributed by atoms with Crippen molar-refractivity contribution in [3.8, 4) is 11.5 Å². The van der Waals surface area contributed by atoms with E-state index in [-0.39, 0.29) is 5.75 Å². The Kier molecular flexibility index (Phi) is 7.00. The molecule has 3 rings (SSSR count). The monoisotopic (exact) mass is 382 g/mol. The molecule has 2 aromatic carbocycles. The molecule has 6 nitrogen and oxygen atoms in total. The quantitative estimate of drug-likeness (QED) is 0.507. The van der Waals surface area contributed by atoms with Gasteiger partial charge in [0.25, 0.3) is 0 Å². The minimum atomic E-state index is 0.252. The van der Waals surface area contributed by atoms with Crippen LogP contribution in [-0.2, 0) is 6.42 Å². The van der Waals surface area contributed by atoms with Gasteiger partial charge in [0, 0.05) is 44.0 Å². The lowest BCUT2D eigenvalue weighted by molar-refractivity contribution is 0.406. The summed E-state index contributed by atoms with van der Waals surface area (Å²) in [6.45, 7) is 5.49. The molecule has 1 fully saturated rings. The number of phenols is 1. The molecule has 0 bridgehead atoms. The number of hydrogen-bond donors (Lipinski definition) is 3. The normalized spacial score (nSPS) is 16.9. The summed E-state index contributed by atoms with van der Waals surface area (Å²) < 4.78 is 5.13. The Labute approximate surface area is 167 Å². The molecule has 28 heavy (non-hydrogen) atoms. The van der Waals surface area contributed by atoms with E-state index in [1.54, 1.807) is 13.2 Å². The van der Waals surface area contributed by atoms with Gasteiger partial charge < -0.3 is 25.4 Å². The first-order valence-corrected chi connectivity index (χ1v) is 9.90. The van der Waals surface area contributed by atoms with E-state index in [9.17, 15) is 5.11 Å². The number of aliphatic imine (C=N–C) groups is 1. The third-order valence-corrected chi connectivity index (χ3v) is 4.94. The van der Waals surface area contributed by atoms with E-state index in [2.05, 4.69) is 51.7 Å². The van der Waals surface area contributed by atoms with Gasteiger partial charge >= 0.3 is 0 Å². The van der Waals surface area contributed by atoms with Crippen LogP contribution in [0.5, 0.6) is 11.5 Å². The van der Waals surface area contributed by atoms with Crippen LogP contribution in [0.3, 0.4) is 0 Å². The molecule has 3 N–H and O–H groups in total. The number of methoxy groups -OCH3 is 1. The highest BCUT2D eigenvalue weighted by Crippen LogP contribution is 2.23. The zero-order chi connectivity index (χ0) is 19.8. The van der Waals surface area contributed by atoms with E-state index in [4.69, 9.17) is 4.74 Å². The Balaban J connectivity index is 1.54. The summed E-state index contributed by atoms with van der Waals surface area (Å²) in [5.41, 5.74) is 2.14. The third kappa shape index (κ3) is 5.31. The molecule has 0 spiro atoms. The number of aromatic hydroxyl groups is 1. The van der Waals surface area contributed by atoms with Crippen molar-refractivity contribution in [2.24, 2.45) is 4.99 Å². The smallest absolute Gasteiger partial charge is 0.191 e. The number of rotatable bonds is 7. The van der Waals surface area contributed by atoms with Gasteiger partial charge in [-0.3, -0.25) is 4.99 Å². The number of ether oxygens (including phenoxy) is 1. The summed E-state index contributed by atoms with van der Waals surface area (Å²) in [5.74, 6) is 1.74. The number of guanidine groups is 1. The summed E-state index contributed by atoms with van der Waals surface area (Å²) in [7, 11) is 1.59. The van der Waals surface area contributed by atoms with Gasteiger partial charge in [0.15, 0.2) is 5.96 Å². The minimum Gasteiger partial charge on any atom is -0.508 e. The molecule has 1 aliphatic heterocycles. The molecule has 1 heterocycles. The third-order valence-electron chi connectivity index (χ3n) is 4.94. The summed E-state index contributed by atoms with van der Waals surface area (Å²) in [6, 6.07) is 16.3. The Hall–Kier alpha value is -2.89. The fourth-order valence-corrected chi connectivity index (χ4v) is 3.43. The minimum absolute atomic E-state index is 0.252. The second-order valence-electron chi connectivity index (χ2n) is 6.92. The van der Waals surface area contributed by atoms with Crippen molar-refractivity contribution in [1.82, 2.24) is 10.6 Å². The number of nitrogens with zero attached hydrogens (tertiary/aromatic N) is 2. The van der Waals surface area contributed by atoms with Crippen molar-refractivity contribution in [1.29, 1.82) is 0 Å². The van der Waals surface area contributed by atoms with Crippen LogP contribution in [0.2, 0.25) is 0 Å². The molecule has 1 aliphatic rings. The van der Waals surface area contributed by atoms with E-state index in [0.717, 1.165) is 37.6 Å². The van der Waals surface area contributed by atoms with Crippen LogP contribution < -0.4 is 20.3 Å². The van der Waals surface area contributed by atoms with Crippen molar-refractivity contribution >= 4 is 11.6 Å². The molecular formula is C22H30N4O2. The second-order valence-corrected chi connectivity index (χ2v) is 6.92. The highest BCUT2D eigenvalue weighted by Gasteiger charge is 2.23. The van der Waals surface area contributed by atoms with E-state index in [1.165, 1.54) is 5.69 Å². The molecule has 0 saturated carbocycles. The van der Waals surface area contributed by atoms with Crippen LogP contribution in [0.15, 0.2) is 53.5 Å². The Bertz CT molecular complexity index is 779. The van der Waals surface area contributed by atoms with Gasteiger partial charge in [0.1, 0.15) is 11.5 Å².